The molecule has 0 bridgehead atoms. The second kappa shape index (κ2) is 41.5. The lowest BCUT2D eigenvalue weighted by Gasteiger charge is -2.41. The highest BCUT2D eigenvalue weighted by molar-refractivity contribution is 5.96. The smallest absolute Gasteiger partial charge is 0.326 e. The number of amides is 8. The van der Waals surface area contributed by atoms with Gasteiger partial charge in [0.15, 0.2) is 0 Å². The Balaban J connectivity index is 0.952. The average molecular weight is 1350 g/mol. The van der Waals surface area contributed by atoms with Crippen molar-refractivity contribution in [3.63, 3.8) is 0 Å². The van der Waals surface area contributed by atoms with E-state index in [1.165, 1.54) is 12.0 Å². The Labute approximate surface area is 574 Å². The number of nitrogens with zero attached hydrogens (tertiary/aromatic N) is 5. The molecule has 23 heteroatoms. The van der Waals surface area contributed by atoms with Gasteiger partial charge in [0.1, 0.15) is 18.1 Å². The Morgan fingerprint density at radius 3 is 1.89 bits per heavy atom. The zero-order valence-electron chi connectivity index (χ0n) is 59.3. The number of carboxylic acid groups (broad SMARTS) is 1. The second-order valence-corrected chi connectivity index (χ2v) is 26.1. The zero-order chi connectivity index (χ0) is 71.1. The lowest BCUT2D eigenvalue weighted by atomic mass is 9.86. The summed E-state index contributed by atoms with van der Waals surface area (Å²) >= 11 is 0. The molecule has 3 aromatic carbocycles. The van der Waals surface area contributed by atoms with Crippen molar-refractivity contribution in [2.45, 2.75) is 162 Å². The summed E-state index contributed by atoms with van der Waals surface area (Å²) in [5.41, 5.74) is 4.14. The number of carbonyl (C=O) groups is 9. The van der Waals surface area contributed by atoms with Crippen molar-refractivity contribution in [2.75, 3.05) is 106 Å². The number of carboxylic acids is 1. The predicted molar refractivity (Wildman–Crippen MR) is 369 cm³/mol. The van der Waals surface area contributed by atoms with Gasteiger partial charge in [-0.1, -0.05) is 134 Å². The van der Waals surface area contributed by atoms with Crippen LogP contribution in [0.25, 0.3) is 0 Å². The summed E-state index contributed by atoms with van der Waals surface area (Å²) in [6.45, 7) is 18.8. The van der Waals surface area contributed by atoms with Gasteiger partial charge in [-0.2, -0.15) is 0 Å². The van der Waals surface area contributed by atoms with E-state index in [0.29, 0.717) is 72.1 Å². The Morgan fingerprint density at radius 1 is 0.660 bits per heavy atom. The number of hydrogen-bond acceptors (Lipinski definition) is 14. The number of carbonyl (C=O) groups excluding carboxylic acids is 8. The van der Waals surface area contributed by atoms with E-state index >= 15 is 0 Å². The standard InChI is InChI=1S/C74H108N8O15/c1-13-52(6)70(62(93-12)48-67(87)81-37-22-29-60(81)53(7)54(8)71(88)76-59(74(91)92)47-55-23-15-14-16-24-55)80(11)73(90)68(50(2)3)77-72(89)69(51(4)5)79(10)65(85)31-21-30-64(84)78(9)38-40-95-42-44-97-46-45-96-43-41-94-39-35-63(83)75-36-34-66(86)82-49-58-27-18-17-25-56(58)32-33-57-26-19-20-28-61(57)82/h14-20,23-28,50-54,59-60,62,68-70H,13,21-22,29-31,34-49H2,1-12H3,(H,75,83)(H,76,88)(H,77,89)(H,91,92)/t52-,53+,54+,59+,60?,62+,68-,69-,70-/m0/s1. The molecule has 97 heavy (non-hydrogen) atoms. The summed E-state index contributed by atoms with van der Waals surface area (Å²) in [5, 5.41) is 18.5. The third kappa shape index (κ3) is 24.9. The van der Waals surface area contributed by atoms with Gasteiger partial charge in [-0.3, -0.25) is 38.4 Å². The number of methoxy groups -OCH3 is 1. The molecule has 2 aliphatic rings. The number of ether oxygens (including phenoxy) is 5. The first-order valence-corrected chi connectivity index (χ1v) is 34.4. The molecule has 1 fully saturated rings. The van der Waals surface area contributed by atoms with Crippen LogP contribution in [0, 0.1) is 41.4 Å². The maximum absolute atomic E-state index is 14.7. The van der Waals surface area contributed by atoms with Crippen LogP contribution in [0.3, 0.4) is 0 Å². The Kier molecular flexibility index (Phi) is 34.2. The number of fused-ring (bicyclic) bond motifs is 2. The maximum atomic E-state index is 14.7. The summed E-state index contributed by atoms with van der Waals surface area (Å²) in [7, 11) is 6.40. The van der Waals surface area contributed by atoms with Crippen LogP contribution in [0.1, 0.15) is 135 Å². The third-order valence-electron chi connectivity index (χ3n) is 18.6. The van der Waals surface area contributed by atoms with Crippen LogP contribution in [0.5, 0.6) is 0 Å². The van der Waals surface area contributed by atoms with Gasteiger partial charge in [0.25, 0.3) is 0 Å². The van der Waals surface area contributed by atoms with Crippen LogP contribution in [0.15, 0.2) is 78.9 Å². The Bertz CT molecular complexity index is 3100. The lowest BCUT2D eigenvalue weighted by Crippen LogP contribution is -2.60. The fourth-order valence-corrected chi connectivity index (χ4v) is 12.4. The Hall–Kier alpha value is -7.75. The zero-order valence-corrected chi connectivity index (χ0v) is 59.3. The van der Waals surface area contributed by atoms with Crippen molar-refractivity contribution in [1.82, 2.24) is 35.6 Å². The summed E-state index contributed by atoms with van der Waals surface area (Å²) in [4.78, 5) is 130. The van der Waals surface area contributed by atoms with Gasteiger partial charge in [0, 0.05) is 103 Å². The first-order valence-electron chi connectivity index (χ1n) is 34.4. The number of likely N-dealkylation sites (tertiary alicyclic amines) is 1. The van der Waals surface area contributed by atoms with Gasteiger partial charge in [0.05, 0.1) is 83.7 Å². The average Bonchev–Trinajstić information content (AvgIpc) is 1.70. The van der Waals surface area contributed by atoms with Crippen LogP contribution in [0.4, 0.5) is 5.69 Å². The molecule has 9 atom stereocenters. The maximum Gasteiger partial charge on any atom is 0.326 e. The molecule has 0 spiro atoms. The highest BCUT2D eigenvalue weighted by atomic mass is 16.6. The molecule has 2 heterocycles. The number of para-hydroxylation sites is 1. The van der Waals surface area contributed by atoms with Crippen molar-refractivity contribution >= 4 is 58.9 Å². The number of aliphatic carboxylic acids is 1. The number of likely N-dealkylation sites (N-methyl/N-ethyl adjacent to an activating group) is 3. The van der Waals surface area contributed by atoms with E-state index in [0.717, 1.165) is 34.4 Å². The van der Waals surface area contributed by atoms with E-state index < -0.39 is 54.0 Å². The molecule has 0 aromatic heterocycles. The molecule has 2 aliphatic heterocycles. The topological polar surface area (TPSA) is 272 Å². The van der Waals surface area contributed by atoms with Gasteiger partial charge in [-0.25, -0.2) is 4.79 Å². The van der Waals surface area contributed by atoms with Crippen LogP contribution in [0.2, 0.25) is 0 Å². The predicted octanol–water partition coefficient (Wildman–Crippen LogP) is 6.50. The van der Waals surface area contributed by atoms with Crippen LogP contribution in [-0.2, 0) is 79.8 Å². The van der Waals surface area contributed by atoms with Crippen molar-refractivity contribution in [2.24, 2.45) is 29.6 Å². The van der Waals surface area contributed by atoms with Crippen molar-refractivity contribution in [3.8, 4) is 11.8 Å². The van der Waals surface area contributed by atoms with Crippen LogP contribution < -0.4 is 20.9 Å². The molecule has 23 nitrogen and oxygen atoms in total. The first kappa shape index (κ1) is 79.9. The van der Waals surface area contributed by atoms with Gasteiger partial charge in [-0.05, 0) is 72.3 Å². The van der Waals surface area contributed by atoms with E-state index in [4.69, 9.17) is 23.7 Å². The SMILES string of the molecule is CC[C@H](C)[C@@H]([C@@H](CC(=O)N1CCCC1[C@H](C)[C@@H](C)C(=O)N[C@H](Cc1ccccc1)C(=O)O)OC)N(C)C(=O)[C@@H](NC(=O)[C@H](C(C)C)N(C)C(=O)CCCC(=O)N(C)CCOCCOCCOCCOCCC(=O)NCCC(=O)N1Cc2ccccc2C#Cc2ccccc21)C(C)C. The lowest BCUT2D eigenvalue weighted by molar-refractivity contribution is -0.148. The Morgan fingerprint density at radius 2 is 1.26 bits per heavy atom. The van der Waals surface area contributed by atoms with E-state index in [9.17, 15) is 48.3 Å². The summed E-state index contributed by atoms with van der Waals surface area (Å²) < 4.78 is 28.5. The molecule has 534 valence electrons. The molecule has 1 unspecified atom stereocenters. The number of rotatable bonds is 42. The largest absolute Gasteiger partial charge is 0.480 e. The van der Waals surface area contributed by atoms with Crippen molar-refractivity contribution < 1.29 is 71.9 Å². The fraction of sp³-hybridized carbons (Fsp3) is 0.608. The molecule has 5 rings (SSSR count). The van der Waals surface area contributed by atoms with Crippen molar-refractivity contribution in [3.05, 3.63) is 101 Å². The highest BCUT2D eigenvalue weighted by Crippen LogP contribution is 2.32. The van der Waals surface area contributed by atoms with Gasteiger partial charge in [0.2, 0.25) is 47.3 Å². The number of nitrogens with one attached hydrogen (secondary N) is 3. The molecule has 0 radical (unpaired) electrons. The molecular formula is C74H108N8O15. The summed E-state index contributed by atoms with van der Waals surface area (Å²) in [6, 6.07) is 20.5. The second-order valence-electron chi connectivity index (χ2n) is 26.1. The minimum Gasteiger partial charge on any atom is -0.480 e. The molecular weight excluding hydrogens is 1240 g/mol. The minimum atomic E-state index is -1.14. The molecule has 8 amide bonds. The van der Waals surface area contributed by atoms with Gasteiger partial charge < -0.3 is 69.2 Å². The molecule has 1 saturated heterocycles. The molecule has 4 N–H and O–H groups in total. The quantitative estimate of drug-likeness (QED) is 0.0348. The number of benzene rings is 3. The number of anilines is 1. The van der Waals surface area contributed by atoms with E-state index in [-0.39, 0.29) is 130 Å². The summed E-state index contributed by atoms with van der Waals surface area (Å²) in [6.07, 6.45) is 2.03. The monoisotopic (exact) mass is 1350 g/mol. The first-order chi connectivity index (χ1) is 46.4. The van der Waals surface area contributed by atoms with Gasteiger partial charge in [-0.15, -0.1) is 0 Å². The summed E-state index contributed by atoms with van der Waals surface area (Å²) in [5.74, 6) is 1.23. The fourth-order valence-electron chi connectivity index (χ4n) is 12.4. The number of hydrogen-bond donors (Lipinski definition) is 4. The highest BCUT2D eigenvalue weighted by Gasteiger charge is 2.43. The van der Waals surface area contributed by atoms with Crippen molar-refractivity contribution in [1.29, 1.82) is 0 Å². The van der Waals surface area contributed by atoms with E-state index in [1.54, 1.807) is 47.7 Å². The van der Waals surface area contributed by atoms with E-state index in [1.807, 2.05) is 127 Å². The molecule has 0 saturated carbocycles. The molecule has 3 aromatic rings. The molecule has 0 aliphatic carbocycles. The van der Waals surface area contributed by atoms with Crippen LogP contribution in [-0.4, -0.2) is 215 Å². The van der Waals surface area contributed by atoms with Gasteiger partial charge >= 0.3 is 5.97 Å². The van der Waals surface area contributed by atoms with Crippen LogP contribution >= 0.6 is 0 Å². The van der Waals surface area contributed by atoms with E-state index in [2.05, 4.69) is 27.8 Å². The minimum absolute atomic E-state index is 0.0162. The third-order valence-corrected chi connectivity index (χ3v) is 18.6. The normalized spacial score (nSPS) is 15.9.